The molecule has 0 saturated carbocycles. The first kappa shape index (κ1) is 59.1. The summed E-state index contributed by atoms with van der Waals surface area (Å²) in [7, 11) is -4.61. The lowest BCUT2D eigenvalue weighted by Crippen LogP contribution is -2.30. The molecule has 0 aromatic rings. The van der Waals surface area contributed by atoms with Gasteiger partial charge >= 0.3 is 7.82 Å². The van der Waals surface area contributed by atoms with E-state index in [2.05, 4.69) is 124 Å². The Hall–Kier alpha value is -2.94. The number of aliphatic hydroxyl groups excluding tert-OH is 2. The predicted octanol–water partition coefficient (Wildman–Crippen LogP) is 15.3. The lowest BCUT2D eigenvalue weighted by molar-refractivity contribution is -0.143. The molecule has 1 rings (SSSR count). The van der Waals surface area contributed by atoms with Crippen LogP contribution in [-0.4, -0.2) is 52.6 Å². The number of phosphoric ester groups is 1. The molecule has 0 aromatic carbocycles. The molecule has 362 valence electrons. The van der Waals surface area contributed by atoms with E-state index in [1.165, 1.54) is 63.0 Å². The van der Waals surface area contributed by atoms with Crippen molar-refractivity contribution in [2.24, 2.45) is 0 Å². The van der Waals surface area contributed by atoms with E-state index in [4.69, 9.17) is 18.9 Å². The molecular weight excluding hydrogens is 820 g/mol. The van der Waals surface area contributed by atoms with Crippen LogP contribution < -0.4 is 0 Å². The van der Waals surface area contributed by atoms with Gasteiger partial charge in [-0.05, 0) is 192 Å². The maximum Gasteiger partial charge on any atom is 0.475 e. The Morgan fingerprint density at radius 2 is 0.766 bits per heavy atom. The van der Waals surface area contributed by atoms with Crippen molar-refractivity contribution in [1.82, 2.24) is 0 Å². The second-order valence-corrected chi connectivity index (χ2v) is 19.9. The number of ether oxygens (including phenoxy) is 1. The van der Waals surface area contributed by atoms with Crippen molar-refractivity contribution in [2.45, 2.75) is 210 Å². The maximum absolute atomic E-state index is 12.2. The third-order valence-corrected chi connectivity index (χ3v) is 12.5. The van der Waals surface area contributed by atoms with Crippen LogP contribution in [0, 0.1) is 0 Å². The van der Waals surface area contributed by atoms with Gasteiger partial charge in [0.05, 0.1) is 13.2 Å². The second kappa shape index (κ2) is 34.4. The smallest absolute Gasteiger partial charge is 0.394 e. The summed E-state index contributed by atoms with van der Waals surface area (Å²) in [5.41, 5.74) is 14.1. The molecule has 0 aliphatic carbocycles. The monoisotopic (exact) mass is 909 g/mol. The molecule has 1 aliphatic rings. The fraction of sp³-hybridized carbons (Fsp3) is 0.618. The average Bonchev–Trinajstić information content (AvgIpc) is 3.47. The number of carbonyl (C=O) groups excluding carboxylic acids is 1. The van der Waals surface area contributed by atoms with Crippen LogP contribution >= 0.6 is 7.82 Å². The molecule has 1 unspecified atom stereocenters. The maximum atomic E-state index is 12.2. The zero-order chi connectivity index (χ0) is 47.9. The van der Waals surface area contributed by atoms with Gasteiger partial charge in [0.1, 0.15) is 12.2 Å². The van der Waals surface area contributed by atoms with Crippen molar-refractivity contribution in [3.05, 3.63) is 116 Å². The van der Waals surface area contributed by atoms with Gasteiger partial charge in [0.15, 0.2) is 0 Å². The summed E-state index contributed by atoms with van der Waals surface area (Å²) in [6.45, 7) is 23.5. The van der Waals surface area contributed by atoms with Crippen LogP contribution in [0.1, 0.15) is 192 Å². The van der Waals surface area contributed by atoms with Gasteiger partial charge in [0.25, 0.3) is 0 Å². The molecule has 1 fully saturated rings. The van der Waals surface area contributed by atoms with E-state index in [0.717, 1.165) is 108 Å². The highest BCUT2D eigenvalue weighted by atomic mass is 31.2. The summed E-state index contributed by atoms with van der Waals surface area (Å²) in [5.74, 6) is -0.931. The largest absolute Gasteiger partial charge is 0.475 e. The van der Waals surface area contributed by atoms with Crippen molar-refractivity contribution >= 4 is 13.6 Å². The Morgan fingerprint density at radius 1 is 0.500 bits per heavy atom. The van der Waals surface area contributed by atoms with Crippen molar-refractivity contribution in [3.63, 3.8) is 0 Å². The Bertz CT molecular complexity index is 1760. The van der Waals surface area contributed by atoms with Crippen LogP contribution in [0.4, 0.5) is 0 Å². The van der Waals surface area contributed by atoms with Crippen LogP contribution in [0.5, 0.6) is 0 Å². The molecule has 4 atom stereocenters. The number of hydrogen-bond donors (Lipinski definition) is 3. The fourth-order valence-electron chi connectivity index (χ4n) is 7.14. The van der Waals surface area contributed by atoms with Crippen LogP contribution in [0.15, 0.2) is 116 Å². The number of allylic oxidation sites excluding steroid dienone is 19. The van der Waals surface area contributed by atoms with Crippen molar-refractivity contribution in [1.29, 1.82) is 0 Å². The molecule has 0 spiro atoms. The quantitative estimate of drug-likeness (QED) is 0.0440. The minimum absolute atomic E-state index is 0.183. The van der Waals surface area contributed by atoms with Gasteiger partial charge in [-0.2, -0.15) is 0 Å². The average molecular weight is 909 g/mol. The lowest BCUT2D eigenvalue weighted by Gasteiger charge is -2.15. The topological polar surface area (TPSA) is 123 Å². The van der Waals surface area contributed by atoms with Gasteiger partial charge in [-0.15, -0.1) is 0 Å². The zero-order valence-electron chi connectivity index (χ0n) is 42.0. The summed E-state index contributed by atoms with van der Waals surface area (Å²) < 4.78 is 26.9. The van der Waals surface area contributed by atoms with Gasteiger partial charge in [-0.1, -0.05) is 116 Å². The summed E-state index contributed by atoms with van der Waals surface area (Å²) in [5, 5.41) is 18.8. The normalized spacial score (nSPS) is 20.1. The van der Waals surface area contributed by atoms with Crippen molar-refractivity contribution < 1.29 is 38.3 Å². The van der Waals surface area contributed by atoms with E-state index < -0.39 is 38.7 Å². The number of phosphoric acid groups is 1. The first-order chi connectivity index (χ1) is 30.3. The SMILES string of the molecule is CC(C)=CCC/C(C)=C/CC/C(C)=C\CC/C(C)=C\CC/C(C)=C\CC/C(C)=C\CC/C(C)=C\CC/C(C)=C\CC/C(C)=C\CC/C(C)=C\COP(=O)(O)O[C@@H]1O[C@H](CO)[C@@H](O)C1=O. The highest BCUT2D eigenvalue weighted by molar-refractivity contribution is 7.47. The fourth-order valence-corrected chi connectivity index (χ4v) is 7.86. The van der Waals surface area contributed by atoms with Crippen LogP contribution in [-0.2, 0) is 23.1 Å². The lowest BCUT2D eigenvalue weighted by atomic mass is 10.0. The summed E-state index contributed by atoms with van der Waals surface area (Å²) in [6.07, 6.45) is 38.1. The summed E-state index contributed by atoms with van der Waals surface area (Å²) >= 11 is 0. The third-order valence-electron chi connectivity index (χ3n) is 11.6. The first-order valence-corrected chi connectivity index (χ1v) is 25.5. The van der Waals surface area contributed by atoms with E-state index in [1.54, 1.807) is 6.08 Å². The van der Waals surface area contributed by atoms with Gasteiger partial charge in [-0.3, -0.25) is 9.32 Å². The van der Waals surface area contributed by atoms with Crippen LogP contribution in [0.25, 0.3) is 0 Å². The van der Waals surface area contributed by atoms with Gasteiger partial charge in [0, 0.05) is 0 Å². The van der Waals surface area contributed by atoms with Crippen LogP contribution in [0.3, 0.4) is 0 Å². The van der Waals surface area contributed by atoms with E-state index in [1.807, 2.05) is 6.92 Å². The molecule has 0 aromatic heterocycles. The van der Waals surface area contributed by atoms with Crippen molar-refractivity contribution in [3.8, 4) is 0 Å². The Morgan fingerprint density at radius 3 is 1.02 bits per heavy atom. The highest BCUT2D eigenvalue weighted by Crippen LogP contribution is 2.46. The number of Topliss-reactive ketones (excluding diaryl/α,β-unsaturated/α-hetero) is 1. The molecule has 8 nitrogen and oxygen atoms in total. The molecule has 1 saturated heterocycles. The van der Waals surface area contributed by atoms with Gasteiger partial charge < -0.3 is 19.8 Å². The Kier molecular flexibility index (Phi) is 31.7. The first-order valence-electron chi connectivity index (χ1n) is 24.0. The Labute approximate surface area is 390 Å². The minimum atomic E-state index is -4.61. The summed E-state index contributed by atoms with van der Waals surface area (Å²) in [6, 6.07) is 0. The molecule has 0 amide bonds. The summed E-state index contributed by atoms with van der Waals surface area (Å²) in [4.78, 5) is 21.8. The second-order valence-electron chi connectivity index (χ2n) is 18.5. The highest BCUT2D eigenvalue weighted by Gasteiger charge is 2.46. The number of ketones is 1. The van der Waals surface area contributed by atoms with E-state index >= 15 is 0 Å². The molecule has 9 heteroatoms. The van der Waals surface area contributed by atoms with Crippen molar-refractivity contribution in [2.75, 3.05) is 13.2 Å². The number of hydrogen-bond acceptors (Lipinski definition) is 7. The van der Waals surface area contributed by atoms with E-state index in [9.17, 15) is 19.4 Å². The number of aliphatic hydroxyl groups is 2. The zero-order valence-corrected chi connectivity index (χ0v) is 42.9. The molecule has 3 N–H and O–H groups in total. The minimum Gasteiger partial charge on any atom is -0.394 e. The Balaban J connectivity index is 2.25. The number of carbonyl (C=O) groups is 1. The molecule has 0 bridgehead atoms. The number of rotatable bonds is 33. The third kappa shape index (κ3) is 30.3. The standard InChI is InChI=1S/C55H89O8P/c1-42(2)21-12-22-43(3)23-13-24-44(4)25-14-26-45(5)27-15-28-46(6)29-16-30-47(7)31-17-32-48(8)33-18-34-49(9)35-19-36-50(10)37-20-38-51(11)39-40-61-64(59,60)63-55-54(58)53(57)52(41-56)62-55/h21,23,25,27,29,31,33,35,37,39,52-53,55-57H,12-20,22,24,26,28,30,32,34,36,38,40-41H2,1-11H3,(H,59,60)/b43-23+,44-25-,45-27-,46-29-,47-31-,48-33-,49-35-,50-37-,51-39-/t52-,53-,55+/m1/s1. The molecule has 1 aliphatic heterocycles. The van der Waals surface area contributed by atoms with E-state index in [0.29, 0.717) is 0 Å². The van der Waals surface area contributed by atoms with Crippen LogP contribution in [0.2, 0.25) is 0 Å². The van der Waals surface area contributed by atoms with E-state index in [-0.39, 0.29) is 6.61 Å². The molecule has 0 radical (unpaired) electrons. The molecule has 64 heavy (non-hydrogen) atoms. The van der Waals surface area contributed by atoms with Gasteiger partial charge in [0.2, 0.25) is 12.1 Å². The predicted molar refractivity (Wildman–Crippen MR) is 270 cm³/mol. The molecule has 1 heterocycles. The molecular formula is C55H89O8P. The van der Waals surface area contributed by atoms with Gasteiger partial charge in [-0.25, -0.2) is 9.09 Å².